The van der Waals surface area contributed by atoms with Crippen molar-refractivity contribution in [3.8, 4) is 11.5 Å². The Labute approximate surface area is 174 Å². The molecule has 3 rings (SSSR count). The maximum absolute atomic E-state index is 13.2. The van der Waals surface area contributed by atoms with Gasteiger partial charge in [-0.25, -0.2) is 0 Å². The molecule has 0 saturated carbocycles. The molecule has 1 atom stereocenters. The molecule has 0 aliphatic carbocycles. The van der Waals surface area contributed by atoms with Gasteiger partial charge >= 0.3 is 0 Å². The van der Waals surface area contributed by atoms with E-state index in [9.17, 15) is 4.79 Å². The van der Waals surface area contributed by atoms with E-state index in [1.165, 1.54) is 5.56 Å². The molecular formula is C24H32N2O3. The SMILES string of the molecule is CCCN(CC(=O)N1CCCC1c1ccc(OC)c(OC)c1)Cc1ccccc1. The average molecular weight is 397 g/mol. The van der Waals surface area contributed by atoms with Crippen LogP contribution in [-0.4, -0.2) is 49.6 Å². The van der Waals surface area contributed by atoms with E-state index in [1.54, 1.807) is 14.2 Å². The second kappa shape index (κ2) is 10.3. The van der Waals surface area contributed by atoms with Crippen LogP contribution in [0.1, 0.15) is 43.4 Å². The molecule has 5 heteroatoms. The van der Waals surface area contributed by atoms with Crippen molar-refractivity contribution in [1.82, 2.24) is 9.80 Å². The first-order chi connectivity index (χ1) is 14.2. The molecule has 1 heterocycles. The number of carbonyl (C=O) groups is 1. The van der Waals surface area contributed by atoms with E-state index in [-0.39, 0.29) is 11.9 Å². The van der Waals surface area contributed by atoms with Gasteiger partial charge < -0.3 is 14.4 Å². The molecule has 0 aromatic heterocycles. The van der Waals surface area contributed by atoms with Crippen molar-refractivity contribution in [2.24, 2.45) is 0 Å². The van der Waals surface area contributed by atoms with Crippen LogP contribution in [0.3, 0.4) is 0 Å². The molecule has 0 spiro atoms. The molecule has 29 heavy (non-hydrogen) atoms. The van der Waals surface area contributed by atoms with Crippen LogP contribution >= 0.6 is 0 Å². The highest BCUT2D eigenvalue weighted by Crippen LogP contribution is 2.37. The first-order valence-corrected chi connectivity index (χ1v) is 10.4. The van der Waals surface area contributed by atoms with Crippen LogP contribution in [0.4, 0.5) is 0 Å². The Morgan fingerprint density at radius 2 is 1.86 bits per heavy atom. The number of carbonyl (C=O) groups excluding carboxylic acids is 1. The lowest BCUT2D eigenvalue weighted by Gasteiger charge is -2.29. The van der Waals surface area contributed by atoms with Crippen molar-refractivity contribution in [2.45, 2.75) is 38.8 Å². The van der Waals surface area contributed by atoms with Gasteiger partial charge in [0, 0.05) is 13.1 Å². The summed E-state index contributed by atoms with van der Waals surface area (Å²) in [5, 5.41) is 0. The van der Waals surface area contributed by atoms with Gasteiger partial charge in [-0.15, -0.1) is 0 Å². The summed E-state index contributed by atoms with van der Waals surface area (Å²) in [5.41, 5.74) is 2.35. The number of benzene rings is 2. The van der Waals surface area contributed by atoms with Crippen LogP contribution in [0.25, 0.3) is 0 Å². The van der Waals surface area contributed by atoms with Crippen molar-refractivity contribution in [3.05, 3.63) is 59.7 Å². The number of hydrogen-bond acceptors (Lipinski definition) is 4. The maximum Gasteiger partial charge on any atom is 0.237 e. The van der Waals surface area contributed by atoms with E-state index >= 15 is 0 Å². The summed E-state index contributed by atoms with van der Waals surface area (Å²) in [6.45, 7) is 5.13. The third kappa shape index (κ3) is 5.30. The molecule has 0 N–H and O–H groups in total. The molecule has 1 aliphatic heterocycles. The Morgan fingerprint density at radius 3 is 2.55 bits per heavy atom. The minimum atomic E-state index is 0.0995. The molecule has 1 amide bonds. The summed E-state index contributed by atoms with van der Waals surface area (Å²) in [5.74, 6) is 1.62. The smallest absolute Gasteiger partial charge is 0.237 e. The Bertz CT molecular complexity index is 794. The van der Waals surface area contributed by atoms with E-state index in [0.29, 0.717) is 18.0 Å². The number of rotatable bonds is 9. The molecule has 2 aromatic rings. The monoisotopic (exact) mass is 396 g/mol. The number of amides is 1. The molecule has 1 aliphatic rings. The molecule has 1 fully saturated rings. The topological polar surface area (TPSA) is 42.0 Å². The van der Waals surface area contributed by atoms with E-state index in [4.69, 9.17) is 9.47 Å². The second-order valence-corrected chi connectivity index (χ2v) is 7.56. The standard InChI is InChI=1S/C24H32N2O3/c1-4-14-25(17-19-9-6-5-7-10-19)18-24(27)26-15-8-11-21(26)20-12-13-22(28-2)23(16-20)29-3/h5-7,9-10,12-13,16,21H,4,8,11,14-15,17-18H2,1-3H3. The van der Waals surface area contributed by atoms with Gasteiger partial charge in [-0.05, 0) is 49.1 Å². The van der Waals surface area contributed by atoms with Gasteiger partial charge in [-0.3, -0.25) is 9.69 Å². The fraction of sp³-hybridized carbons (Fsp3) is 0.458. The van der Waals surface area contributed by atoms with Gasteiger partial charge in [0.05, 0.1) is 26.8 Å². The Balaban J connectivity index is 1.71. The number of hydrogen-bond donors (Lipinski definition) is 0. The van der Waals surface area contributed by atoms with Crippen molar-refractivity contribution < 1.29 is 14.3 Å². The lowest BCUT2D eigenvalue weighted by molar-refractivity contribution is -0.133. The van der Waals surface area contributed by atoms with Crippen molar-refractivity contribution in [3.63, 3.8) is 0 Å². The highest BCUT2D eigenvalue weighted by Gasteiger charge is 2.31. The van der Waals surface area contributed by atoms with Crippen molar-refractivity contribution in [2.75, 3.05) is 33.9 Å². The fourth-order valence-corrected chi connectivity index (χ4v) is 4.13. The summed E-state index contributed by atoms with van der Waals surface area (Å²) in [7, 11) is 3.28. The number of nitrogens with zero attached hydrogens (tertiary/aromatic N) is 2. The third-order valence-corrected chi connectivity index (χ3v) is 5.51. The summed E-state index contributed by atoms with van der Waals surface area (Å²) >= 11 is 0. The zero-order valence-electron chi connectivity index (χ0n) is 17.8. The van der Waals surface area contributed by atoms with Crippen LogP contribution in [0.15, 0.2) is 48.5 Å². The third-order valence-electron chi connectivity index (χ3n) is 5.51. The first-order valence-electron chi connectivity index (χ1n) is 10.4. The molecule has 2 aromatic carbocycles. The van der Waals surface area contributed by atoms with Gasteiger partial charge in [0.2, 0.25) is 5.91 Å². The summed E-state index contributed by atoms with van der Waals surface area (Å²) < 4.78 is 10.8. The summed E-state index contributed by atoms with van der Waals surface area (Å²) in [6.07, 6.45) is 3.03. The molecular weight excluding hydrogens is 364 g/mol. The lowest BCUT2D eigenvalue weighted by Crippen LogP contribution is -2.40. The van der Waals surface area contributed by atoms with Gasteiger partial charge in [-0.2, -0.15) is 0 Å². The van der Waals surface area contributed by atoms with Gasteiger partial charge in [0.1, 0.15) is 0 Å². The van der Waals surface area contributed by atoms with Crippen LogP contribution in [0, 0.1) is 0 Å². The summed E-state index contributed by atoms with van der Waals surface area (Å²) in [4.78, 5) is 17.5. The predicted octanol–water partition coefficient (Wildman–Crippen LogP) is 4.28. The van der Waals surface area contributed by atoms with Crippen LogP contribution in [-0.2, 0) is 11.3 Å². The fourth-order valence-electron chi connectivity index (χ4n) is 4.13. The van der Waals surface area contributed by atoms with Crippen molar-refractivity contribution >= 4 is 5.91 Å². The van der Waals surface area contributed by atoms with E-state index in [2.05, 4.69) is 36.1 Å². The Hall–Kier alpha value is -2.53. The number of ether oxygens (including phenoxy) is 2. The second-order valence-electron chi connectivity index (χ2n) is 7.56. The lowest BCUT2D eigenvalue weighted by atomic mass is 10.0. The largest absolute Gasteiger partial charge is 0.493 e. The van der Waals surface area contributed by atoms with Crippen LogP contribution in [0.2, 0.25) is 0 Å². The van der Waals surface area contributed by atoms with Gasteiger partial charge in [0.25, 0.3) is 0 Å². The van der Waals surface area contributed by atoms with E-state index in [0.717, 1.165) is 44.5 Å². The highest BCUT2D eigenvalue weighted by molar-refractivity contribution is 5.79. The number of likely N-dealkylation sites (tertiary alicyclic amines) is 1. The zero-order valence-corrected chi connectivity index (χ0v) is 17.8. The molecule has 0 bridgehead atoms. The minimum Gasteiger partial charge on any atom is -0.493 e. The number of methoxy groups -OCH3 is 2. The van der Waals surface area contributed by atoms with E-state index in [1.807, 2.05) is 29.2 Å². The minimum absolute atomic E-state index is 0.0995. The molecule has 1 saturated heterocycles. The Morgan fingerprint density at radius 1 is 1.10 bits per heavy atom. The molecule has 5 nitrogen and oxygen atoms in total. The predicted molar refractivity (Wildman–Crippen MR) is 115 cm³/mol. The average Bonchev–Trinajstić information content (AvgIpc) is 3.24. The quantitative estimate of drug-likeness (QED) is 0.634. The van der Waals surface area contributed by atoms with E-state index < -0.39 is 0 Å². The normalized spacial score (nSPS) is 16.3. The van der Waals surface area contributed by atoms with Gasteiger partial charge in [-0.1, -0.05) is 43.3 Å². The molecule has 1 unspecified atom stereocenters. The molecule has 156 valence electrons. The maximum atomic E-state index is 13.2. The Kier molecular flexibility index (Phi) is 7.53. The summed E-state index contributed by atoms with van der Waals surface area (Å²) in [6, 6.07) is 16.4. The first kappa shape index (κ1) is 21.2. The highest BCUT2D eigenvalue weighted by atomic mass is 16.5. The zero-order chi connectivity index (χ0) is 20.6. The van der Waals surface area contributed by atoms with Gasteiger partial charge in [0.15, 0.2) is 11.5 Å². The molecule has 0 radical (unpaired) electrons. The van der Waals surface area contributed by atoms with Crippen LogP contribution < -0.4 is 9.47 Å². The van der Waals surface area contributed by atoms with Crippen molar-refractivity contribution in [1.29, 1.82) is 0 Å². The van der Waals surface area contributed by atoms with Crippen LogP contribution in [0.5, 0.6) is 11.5 Å².